The summed E-state index contributed by atoms with van der Waals surface area (Å²) in [5.41, 5.74) is 4.02. The van der Waals surface area contributed by atoms with Gasteiger partial charge in [-0.25, -0.2) is 9.50 Å². The summed E-state index contributed by atoms with van der Waals surface area (Å²) < 4.78 is 12.3. The summed E-state index contributed by atoms with van der Waals surface area (Å²) in [5, 5.41) is 8.03. The smallest absolute Gasteiger partial charge is 0.253 e. The lowest BCUT2D eigenvalue weighted by Gasteiger charge is -2.14. The number of hydrogen-bond donors (Lipinski definition) is 1. The highest BCUT2D eigenvalue weighted by Crippen LogP contribution is 2.33. The third kappa shape index (κ3) is 3.75. The largest absolute Gasteiger partial charge is 0.493 e. The van der Waals surface area contributed by atoms with Gasteiger partial charge in [0.25, 0.3) is 5.78 Å². The van der Waals surface area contributed by atoms with E-state index in [1.54, 1.807) is 24.8 Å². The van der Waals surface area contributed by atoms with Crippen molar-refractivity contribution in [2.45, 2.75) is 32.3 Å². The van der Waals surface area contributed by atoms with Crippen LogP contribution in [-0.4, -0.2) is 46.0 Å². The molecule has 1 amide bonds. The summed E-state index contributed by atoms with van der Waals surface area (Å²) in [6.45, 7) is 5.70. The van der Waals surface area contributed by atoms with Crippen LogP contribution in [0.15, 0.2) is 17.3 Å². The first kappa shape index (κ1) is 19.9. The van der Waals surface area contributed by atoms with E-state index >= 15 is 0 Å². The molecule has 0 radical (unpaired) electrons. The van der Waals surface area contributed by atoms with Gasteiger partial charge in [0, 0.05) is 28.7 Å². The number of hydrogen-bond acceptors (Lipinski definition) is 7. The van der Waals surface area contributed by atoms with E-state index in [4.69, 9.17) is 9.47 Å². The molecule has 1 N–H and O–H groups in total. The predicted molar refractivity (Wildman–Crippen MR) is 109 cm³/mol. The number of carbonyl (C=O) groups excluding carboxylic acids is 1. The first-order valence-corrected chi connectivity index (χ1v) is 9.89. The normalized spacial score (nSPS) is 10.9. The number of fused-ring (bicyclic) bond motifs is 1. The summed E-state index contributed by atoms with van der Waals surface area (Å²) in [6, 6.07) is 3.59. The number of nitrogens with zero attached hydrogens (tertiary/aromatic N) is 4. The van der Waals surface area contributed by atoms with Crippen molar-refractivity contribution in [3.8, 4) is 11.5 Å². The van der Waals surface area contributed by atoms with Crippen LogP contribution in [-0.2, 0) is 11.2 Å². The summed E-state index contributed by atoms with van der Waals surface area (Å²) in [6.07, 6.45) is 2.10. The SMILES string of the molecule is COc1cc(C)c(NC(=O)Cc2c(C)nc3nc(SC)nn3c2C)cc1OC. The number of ether oxygens (including phenoxy) is 2. The van der Waals surface area contributed by atoms with Gasteiger partial charge < -0.3 is 14.8 Å². The summed E-state index contributed by atoms with van der Waals surface area (Å²) in [7, 11) is 3.14. The van der Waals surface area contributed by atoms with E-state index in [-0.39, 0.29) is 12.3 Å². The fourth-order valence-corrected chi connectivity index (χ4v) is 3.34. The maximum absolute atomic E-state index is 12.7. The highest BCUT2D eigenvalue weighted by molar-refractivity contribution is 7.98. The lowest BCUT2D eigenvalue weighted by molar-refractivity contribution is -0.115. The van der Waals surface area contributed by atoms with Gasteiger partial charge in [0.2, 0.25) is 11.1 Å². The van der Waals surface area contributed by atoms with Crippen LogP contribution in [0.3, 0.4) is 0 Å². The molecule has 28 heavy (non-hydrogen) atoms. The zero-order chi connectivity index (χ0) is 20.4. The zero-order valence-corrected chi connectivity index (χ0v) is 17.6. The van der Waals surface area contributed by atoms with Gasteiger partial charge in [0.15, 0.2) is 11.5 Å². The van der Waals surface area contributed by atoms with Crippen LogP contribution in [0, 0.1) is 20.8 Å². The molecule has 0 aliphatic heterocycles. The Hall–Kier alpha value is -2.81. The molecule has 0 fully saturated rings. The monoisotopic (exact) mass is 401 g/mol. The standard InChI is InChI=1S/C19H23N5O3S/c1-10-7-15(26-4)16(27-5)9-14(10)21-17(25)8-13-11(2)20-18-22-19(28-6)23-24(18)12(13)3/h7,9H,8H2,1-6H3,(H,21,25). The second-order valence-corrected chi connectivity index (χ2v) is 7.09. The molecule has 0 saturated carbocycles. The second kappa shape index (κ2) is 8.05. The Labute approximate surface area is 167 Å². The maximum Gasteiger partial charge on any atom is 0.253 e. The number of carbonyl (C=O) groups is 1. The molecule has 0 saturated heterocycles. The molecule has 8 nitrogen and oxygen atoms in total. The third-order valence-electron chi connectivity index (χ3n) is 4.55. The lowest BCUT2D eigenvalue weighted by Crippen LogP contribution is -2.18. The van der Waals surface area contributed by atoms with Crippen molar-refractivity contribution in [1.29, 1.82) is 0 Å². The van der Waals surface area contributed by atoms with E-state index in [2.05, 4.69) is 20.4 Å². The highest BCUT2D eigenvalue weighted by atomic mass is 32.2. The molecule has 1 aromatic carbocycles. The number of methoxy groups -OCH3 is 2. The Morgan fingerprint density at radius 2 is 1.82 bits per heavy atom. The van der Waals surface area contributed by atoms with Crippen molar-refractivity contribution in [3.63, 3.8) is 0 Å². The number of amides is 1. The fourth-order valence-electron chi connectivity index (χ4n) is 3.00. The minimum atomic E-state index is -0.145. The van der Waals surface area contributed by atoms with Gasteiger partial charge in [-0.05, 0) is 38.7 Å². The number of aryl methyl sites for hydroxylation is 3. The van der Waals surface area contributed by atoms with Crippen molar-refractivity contribution in [3.05, 3.63) is 34.6 Å². The summed E-state index contributed by atoms with van der Waals surface area (Å²) >= 11 is 1.45. The fraction of sp³-hybridized carbons (Fsp3) is 0.368. The van der Waals surface area contributed by atoms with Crippen LogP contribution in [0.25, 0.3) is 5.78 Å². The van der Waals surface area contributed by atoms with Crippen molar-refractivity contribution < 1.29 is 14.3 Å². The predicted octanol–water partition coefficient (Wildman–Crippen LogP) is 2.97. The van der Waals surface area contributed by atoms with Crippen LogP contribution in [0.2, 0.25) is 0 Å². The molecular weight excluding hydrogens is 378 g/mol. The minimum Gasteiger partial charge on any atom is -0.493 e. The molecule has 2 aromatic heterocycles. The molecule has 0 aliphatic carbocycles. The van der Waals surface area contributed by atoms with Crippen LogP contribution in [0.5, 0.6) is 11.5 Å². The minimum absolute atomic E-state index is 0.145. The maximum atomic E-state index is 12.7. The molecule has 3 rings (SSSR count). The summed E-state index contributed by atoms with van der Waals surface area (Å²) in [5.74, 6) is 1.58. The average molecular weight is 401 g/mol. The number of thioether (sulfide) groups is 1. The van der Waals surface area contributed by atoms with Crippen molar-refractivity contribution in [2.75, 3.05) is 25.8 Å². The number of aromatic nitrogens is 4. The van der Waals surface area contributed by atoms with Crippen LogP contribution >= 0.6 is 11.8 Å². The van der Waals surface area contributed by atoms with E-state index < -0.39 is 0 Å². The third-order valence-corrected chi connectivity index (χ3v) is 5.09. The number of rotatable bonds is 6. The Kier molecular flexibility index (Phi) is 5.73. The van der Waals surface area contributed by atoms with Gasteiger partial charge in [-0.15, -0.1) is 5.10 Å². The molecule has 0 atom stereocenters. The lowest BCUT2D eigenvalue weighted by atomic mass is 10.1. The molecule has 0 bridgehead atoms. The second-order valence-electron chi connectivity index (χ2n) is 6.32. The van der Waals surface area contributed by atoms with Crippen LogP contribution in [0.4, 0.5) is 5.69 Å². The summed E-state index contributed by atoms with van der Waals surface area (Å²) in [4.78, 5) is 21.6. The van der Waals surface area contributed by atoms with Gasteiger partial charge in [-0.3, -0.25) is 4.79 Å². The van der Waals surface area contributed by atoms with Crippen molar-refractivity contribution in [2.24, 2.45) is 0 Å². The van der Waals surface area contributed by atoms with E-state index in [0.717, 1.165) is 22.5 Å². The Morgan fingerprint density at radius 1 is 1.14 bits per heavy atom. The first-order valence-electron chi connectivity index (χ1n) is 8.67. The van der Waals surface area contributed by atoms with Gasteiger partial charge in [0.05, 0.1) is 20.6 Å². The van der Waals surface area contributed by atoms with Gasteiger partial charge >= 0.3 is 0 Å². The Bertz CT molecular complexity index is 1050. The molecular formula is C19H23N5O3S. The van der Waals surface area contributed by atoms with Gasteiger partial charge in [-0.1, -0.05) is 11.8 Å². The Balaban J connectivity index is 1.87. The van der Waals surface area contributed by atoms with Crippen molar-refractivity contribution >= 4 is 29.1 Å². The molecule has 2 heterocycles. The van der Waals surface area contributed by atoms with E-state index in [1.165, 1.54) is 11.8 Å². The van der Waals surface area contributed by atoms with E-state index in [9.17, 15) is 4.79 Å². The number of benzene rings is 1. The van der Waals surface area contributed by atoms with Crippen LogP contribution < -0.4 is 14.8 Å². The van der Waals surface area contributed by atoms with Crippen LogP contribution in [0.1, 0.15) is 22.5 Å². The number of anilines is 1. The molecule has 9 heteroatoms. The topological polar surface area (TPSA) is 90.6 Å². The molecule has 0 spiro atoms. The molecule has 0 aliphatic rings. The quantitative estimate of drug-likeness (QED) is 0.635. The number of nitrogens with one attached hydrogen (secondary N) is 1. The average Bonchev–Trinajstić information content (AvgIpc) is 3.09. The highest BCUT2D eigenvalue weighted by Gasteiger charge is 2.17. The van der Waals surface area contributed by atoms with E-state index in [1.807, 2.05) is 33.1 Å². The first-order chi connectivity index (χ1) is 13.4. The van der Waals surface area contributed by atoms with E-state index in [0.29, 0.717) is 28.1 Å². The molecule has 148 valence electrons. The zero-order valence-electron chi connectivity index (χ0n) is 16.8. The molecule has 0 unspecified atom stereocenters. The Morgan fingerprint density at radius 3 is 2.46 bits per heavy atom. The van der Waals surface area contributed by atoms with Gasteiger partial charge in [-0.2, -0.15) is 4.98 Å². The van der Waals surface area contributed by atoms with Crippen molar-refractivity contribution in [1.82, 2.24) is 19.6 Å². The van der Waals surface area contributed by atoms with Gasteiger partial charge in [0.1, 0.15) is 0 Å². The molecule has 3 aromatic rings.